The predicted molar refractivity (Wildman–Crippen MR) is 91.8 cm³/mol. The number of hydrogen-bond acceptors (Lipinski definition) is 8. The Hall–Kier alpha value is -3.26. The van der Waals surface area contributed by atoms with Crippen LogP contribution in [0.5, 0.6) is 0 Å². The van der Waals surface area contributed by atoms with Crippen molar-refractivity contribution in [3.05, 3.63) is 0 Å². The van der Waals surface area contributed by atoms with E-state index in [-0.39, 0.29) is 12.8 Å². The lowest BCUT2D eigenvalue weighted by molar-refractivity contribution is -0.142. The zero-order chi connectivity index (χ0) is 21.9. The second-order valence-corrected chi connectivity index (χ2v) is 5.70. The molecule has 0 aliphatic rings. The van der Waals surface area contributed by atoms with Crippen LogP contribution in [-0.4, -0.2) is 77.0 Å². The summed E-state index contributed by atoms with van der Waals surface area (Å²) in [6.45, 7) is -1.52. The number of carboxylic acid groups (broad SMARTS) is 1. The van der Waals surface area contributed by atoms with Crippen LogP contribution in [0.1, 0.15) is 19.3 Å². The molecule has 158 valence electrons. The molecule has 3 unspecified atom stereocenters. The maximum atomic E-state index is 12.2. The zero-order valence-corrected chi connectivity index (χ0v) is 14.8. The Morgan fingerprint density at radius 2 is 1.50 bits per heavy atom. The van der Waals surface area contributed by atoms with Gasteiger partial charge in [0.15, 0.2) is 0 Å². The first kappa shape index (κ1) is 24.7. The molecule has 0 radical (unpaired) electrons. The minimum absolute atomic E-state index is 0.216. The van der Waals surface area contributed by atoms with Gasteiger partial charge in [0.1, 0.15) is 12.1 Å². The van der Waals surface area contributed by atoms with Crippen molar-refractivity contribution < 1.29 is 39.0 Å². The Kier molecular flexibility index (Phi) is 10.8. The van der Waals surface area contributed by atoms with Gasteiger partial charge < -0.3 is 43.4 Å². The van der Waals surface area contributed by atoms with E-state index >= 15 is 0 Å². The fourth-order valence-corrected chi connectivity index (χ4v) is 1.87. The lowest BCUT2D eigenvalue weighted by Gasteiger charge is -2.20. The standard InChI is InChI=1S/C14H24N6O8/c15-6(3-10(17)23)12(25)20-7(1-2-9(16)22)13(26)18-4-11(24)19-8(5-21)14(27)28/h6-8,21H,1-5,15H2,(H2,16,22)(H2,17,23)(H,18,26)(H,19,24)(H,20,25)(H,27,28). The predicted octanol–water partition coefficient (Wildman–Crippen LogP) is -5.38. The summed E-state index contributed by atoms with van der Waals surface area (Å²) >= 11 is 0. The number of carboxylic acids is 1. The summed E-state index contributed by atoms with van der Waals surface area (Å²) < 4.78 is 0. The number of aliphatic carboxylic acids is 1. The number of aliphatic hydroxyl groups excluding tert-OH is 1. The van der Waals surface area contributed by atoms with E-state index < -0.39 is 73.2 Å². The van der Waals surface area contributed by atoms with Crippen molar-refractivity contribution in [1.82, 2.24) is 16.0 Å². The van der Waals surface area contributed by atoms with Crippen LogP contribution < -0.4 is 33.2 Å². The average Bonchev–Trinajstić information content (AvgIpc) is 2.59. The van der Waals surface area contributed by atoms with Crippen molar-refractivity contribution >= 4 is 35.5 Å². The van der Waals surface area contributed by atoms with Crippen LogP contribution in [0.3, 0.4) is 0 Å². The van der Waals surface area contributed by atoms with Crippen molar-refractivity contribution in [2.24, 2.45) is 17.2 Å². The molecule has 28 heavy (non-hydrogen) atoms. The van der Waals surface area contributed by atoms with Gasteiger partial charge in [-0.05, 0) is 6.42 Å². The normalized spacial score (nSPS) is 13.5. The van der Waals surface area contributed by atoms with Crippen LogP contribution in [0.4, 0.5) is 0 Å². The molecule has 0 saturated heterocycles. The number of carbonyl (C=O) groups is 6. The molecule has 0 aliphatic heterocycles. The number of hydrogen-bond donors (Lipinski definition) is 8. The van der Waals surface area contributed by atoms with Crippen LogP contribution in [0.15, 0.2) is 0 Å². The molecule has 3 atom stereocenters. The molecule has 5 amide bonds. The van der Waals surface area contributed by atoms with Gasteiger partial charge in [-0.1, -0.05) is 0 Å². The molecule has 0 aromatic rings. The van der Waals surface area contributed by atoms with Gasteiger partial charge in [-0.2, -0.15) is 0 Å². The average molecular weight is 404 g/mol. The number of nitrogens with two attached hydrogens (primary N) is 3. The molecule has 0 aliphatic carbocycles. The third kappa shape index (κ3) is 10.0. The molecule has 0 aromatic heterocycles. The topological polar surface area (TPSA) is 257 Å². The van der Waals surface area contributed by atoms with E-state index in [9.17, 15) is 28.8 Å². The first-order chi connectivity index (χ1) is 13.0. The number of primary amides is 2. The highest BCUT2D eigenvalue weighted by Crippen LogP contribution is 1.99. The Labute approximate surface area is 159 Å². The van der Waals surface area contributed by atoms with Gasteiger partial charge in [0.2, 0.25) is 29.5 Å². The van der Waals surface area contributed by atoms with Gasteiger partial charge in [-0.3, -0.25) is 24.0 Å². The molecule has 0 fully saturated rings. The van der Waals surface area contributed by atoms with Gasteiger partial charge in [-0.25, -0.2) is 4.79 Å². The summed E-state index contributed by atoms with van der Waals surface area (Å²) in [6.07, 6.45) is -0.969. The van der Waals surface area contributed by atoms with E-state index in [1.165, 1.54) is 0 Å². The minimum atomic E-state index is -1.55. The van der Waals surface area contributed by atoms with Gasteiger partial charge in [0.25, 0.3) is 0 Å². The van der Waals surface area contributed by atoms with Crippen molar-refractivity contribution in [3.63, 3.8) is 0 Å². The second kappa shape index (κ2) is 12.2. The molecule has 14 heteroatoms. The highest BCUT2D eigenvalue weighted by atomic mass is 16.4. The molecular formula is C14H24N6O8. The highest BCUT2D eigenvalue weighted by Gasteiger charge is 2.26. The van der Waals surface area contributed by atoms with Crippen molar-refractivity contribution in [2.45, 2.75) is 37.4 Å². The van der Waals surface area contributed by atoms with Gasteiger partial charge in [-0.15, -0.1) is 0 Å². The summed E-state index contributed by atoms with van der Waals surface area (Å²) in [5.74, 6) is -5.75. The number of nitrogens with one attached hydrogen (secondary N) is 3. The number of carbonyl (C=O) groups excluding carboxylic acids is 5. The molecule has 0 heterocycles. The number of rotatable bonds is 13. The van der Waals surface area contributed by atoms with Crippen LogP contribution >= 0.6 is 0 Å². The Bertz CT molecular complexity index is 625. The largest absolute Gasteiger partial charge is 0.480 e. The Balaban J connectivity index is 4.86. The number of aliphatic hydroxyl groups is 1. The minimum Gasteiger partial charge on any atom is -0.480 e. The summed E-state index contributed by atoms with van der Waals surface area (Å²) in [4.78, 5) is 68.2. The fourth-order valence-electron chi connectivity index (χ4n) is 1.87. The Morgan fingerprint density at radius 3 is 1.96 bits per heavy atom. The molecule has 0 spiro atoms. The van der Waals surface area contributed by atoms with E-state index in [0.717, 1.165) is 0 Å². The van der Waals surface area contributed by atoms with Crippen LogP contribution in [0.25, 0.3) is 0 Å². The van der Waals surface area contributed by atoms with E-state index in [1.54, 1.807) is 0 Å². The van der Waals surface area contributed by atoms with E-state index in [2.05, 4.69) is 10.6 Å². The molecule has 0 aromatic carbocycles. The first-order valence-electron chi connectivity index (χ1n) is 8.01. The van der Waals surface area contributed by atoms with Crippen LogP contribution in [0.2, 0.25) is 0 Å². The van der Waals surface area contributed by atoms with Crippen LogP contribution in [0, 0.1) is 0 Å². The molecular weight excluding hydrogens is 380 g/mol. The van der Waals surface area contributed by atoms with Crippen molar-refractivity contribution in [1.29, 1.82) is 0 Å². The SMILES string of the molecule is NC(=O)CCC(NC(=O)C(N)CC(N)=O)C(=O)NCC(=O)NC(CO)C(=O)O. The van der Waals surface area contributed by atoms with Gasteiger partial charge >= 0.3 is 5.97 Å². The third-order valence-electron chi connectivity index (χ3n) is 3.31. The quantitative estimate of drug-likeness (QED) is 0.145. The van der Waals surface area contributed by atoms with Crippen molar-refractivity contribution in [2.75, 3.05) is 13.2 Å². The summed E-state index contributed by atoms with van der Waals surface area (Å²) in [5.41, 5.74) is 15.4. The lowest BCUT2D eigenvalue weighted by atomic mass is 10.1. The maximum Gasteiger partial charge on any atom is 0.328 e. The lowest BCUT2D eigenvalue weighted by Crippen LogP contribution is -2.54. The summed E-state index contributed by atoms with van der Waals surface area (Å²) in [7, 11) is 0. The van der Waals surface area contributed by atoms with E-state index in [1.807, 2.05) is 5.32 Å². The van der Waals surface area contributed by atoms with Gasteiger partial charge in [0, 0.05) is 6.42 Å². The highest BCUT2D eigenvalue weighted by molar-refractivity contribution is 5.94. The van der Waals surface area contributed by atoms with Crippen LogP contribution in [-0.2, 0) is 28.8 Å². The summed E-state index contributed by atoms with van der Waals surface area (Å²) in [5, 5.41) is 23.9. The third-order valence-corrected chi connectivity index (χ3v) is 3.31. The fraction of sp³-hybridized carbons (Fsp3) is 0.571. The monoisotopic (exact) mass is 404 g/mol. The maximum absolute atomic E-state index is 12.2. The molecule has 11 N–H and O–H groups in total. The second-order valence-electron chi connectivity index (χ2n) is 5.70. The Morgan fingerprint density at radius 1 is 0.893 bits per heavy atom. The zero-order valence-electron chi connectivity index (χ0n) is 14.8. The van der Waals surface area contributed by atoms with E-state index in [0.29, 0.717) is 0 Å². The van der Waals surface area contributed by atoms with E-state index in [4.69, 9.17) is 27.4 Å². The molecule has 14 nitrogen and oxygen atoms in total. The molecule has 0 rings (SSSR count). The molecule has 0 bridgehead atoms. The first-order valence-corrected chi connectivity index (χ1v) is 8.01. The smallest absolute Gasteiger partial charge is 0.328 e. The molecule has 0 saturated carbocycles. The summed E-state index contributed by atoms with van der Waals surface area (Å²) in [6, 6.07) is -4.19. The van der Waals surface area contributed by atoms with Crippen molar-refractivity contribution in [3.8, 4) is 0 Å². The number of amides is 5. The van der Waals surface area contributed by atoms with Gasteiger partial charge in [0.05, 0.1) is 25.6 Å².